The lowest BCUT2D eigenvalue weighted by Crippen LogP contribution is -2.32. The number of carbonyl (C=O) groups excluding carboxylic acids is 1. The molecule has 0 aliphatic carbocycles. The second-order valence-electron chi connectivity index (χ2n) is 4.79. The Balaban J connectivity index is 0.00000220. The number of nitrogens with two attached hydrogens (primary N) is 1. The highest BCUT2D eigenvalue weighted by atomic mass is 35.5. The van der Waals surface area contributed by atoms with Crippen LogP contribution in [0.3, 0.4) is 0 Å². The van der Waals surface area contributed by atoms with Gasteiger partial charge in [0.25, 0.3) is 5.91 Å². The molecular weight excluding hydrogens is 304 g/mol. The van der Waals surface area contributed by atoms with E-state index in [9.17, 15) is 4.79 Å². The summed E-state index contributed by atoms with van der Waals surface area (Å²) in [4.78, 5) is 15.4. The van der Waals surface area contributed by atoms with Crippen LogP contribution in [0.1, 0.15) is 27.2 Å². The predicted molar refractivity (Wildman–Crippen MR) is 91.2 cm³/mol. The number of hydrogen-bond donors (Lipinski definition) is 1. The lowest BCUT2D eigenvalue weighted by molar-refractivity contribution is 0.0746. The van der Waals surface area contributed by atoms with Gasteiger partial charge < -0.3 is 10.6 Å². The van der Waals surface area contributed by atoms with Gasteiger partial charge in [-0.3, -0.25) is 4.79 Å². The average molecular weight is 325 g/mol. The molecule has 2 aromatic rings. The maximum absolute atomic E-state index is 12.6. The van der Waals surface area contributed by atoms with Crippen LogP contribution in [0.25, 0.3) is 0 Å². The molecule has 0 aliphatic rings. The lowest BCUT2D eigenvalue weighted by Gasteiger charge is -2.22. The van der Waals surface area contributed by atoms with Gasteiger partial charge in [0.15, 0.2) is 0 Å². The van der Waals surface area contributed by atoms with Crippen molar-refractivity contribution in [1.29, 1.82) is 0 Å². The molecule has 0 radical (unpaired) electrons. The van der Waals surface area contributed by atoms with E-state index in [1.54, 1.807) is 0 Å². The number of amides is 1. The van der Waals surface area contributed by atoms with E-state index in [2.05, 4.69) is 0 Å². The number of halogens is 1. The summed E-state index contributed by atoms with van der Waals surface area (Å²) in [6, 6.07) is 12.1. The number of benzene rings is 1. The fourth-order valence-corrected chi connectivity index (χ4v) is 2.97. The van der Waals surface area contributed by atoms with E-state index in [1.807, 2.05) is 53.6 Å². The molecule has 0 unspecified atom stereocenters. The largest absolute Gasteiger partial charge is 0.334 e. The minimum Gasteiger partial charge on any atom is -0.334 e. The van der Waals surface area contributed by atoms with Crippen LogP contribution in [-0.4, -0.2) is 23.9 Å². The third-order valence-corrected chi connectivity index (χ3v) is 4.20. The van der Waals surface area contributed by atoms with Crippen molar-refractivity contribution in [3.05, 3.63) is 57.8 Å². The second kappa shape index (κ2) is 8.82. The molecule has 5 heteroatoms. The quantitative estimate of drug-likeness (QED) is 0.884. The molecular formula is C16H21ClN2OS. The predicted octanol–water partition coefficient (Wildman–Crippen LogP) is 3.47. The molecule has 0 bridgehead atoms. The lowest BCUT2D eigenvalue weighted by atomic mass is 10.2. The summed E-state index contributed by atoms with van der Waals surface area (Å²) in [6.45, 7) is 3.91. The van der Waals surface area contributed by atoms with Crippen molar-refractivity contribution in [2.45, 2.75) is 19.9 Å². The zero-order chi connectivity index (χ0) is 14.4. The van der Waals surface area contributed by atoms with E-state index < -0.39 is 0 Å². The first-order valence-corrected chi connectivity index (χ1v) is 7.67. The smallest absolute Gasteiger partial charge is 0.264 e. The van der Waals surface area contributed by atoms with Crippen molar-refractivity contribution >= 4 is 29.7 Å². The maximum atomic E-state index is 12.6. The summed E-state index contributed by atoms with van der Waals surface area (Å²) in [6.07, 6.45) is 0.822. The molecule has 0 saturated heterocycles. The SMILES string of the molecule is Cc1ccsc1C(=O)N(CCCN)Cc1ccccc1.Cl. The number of rotatable bonds is 6. The molecule has 0 saturated carbocycles. The van der Waals surface area contributed by atoms with Gasteiger partial charge in [-0.15, -0.1) is 23.7 Å². The van der Waals surface area contributed by atoms with Crippen LogP contribution in [0, 0.1) is 6.92 Å². The van der Waals surface area contributed by atoms with Gasteiger partial charge in [0, 0.05) is 13.1 Å². The molecule has 3 nitrogen and oxygen atoms in total. The minimum absolute atomic E-state index is 0. The van der Waals surface area contributed by atoms with Crippen LogP contribution in [0.5, 0.6) is 0 Å². The fourth-order valence-electron chi connectivity index (χ4n) is 2.07. The van der Waals surface area contributed by atoms with E-state index in [0.717, 1.165) is 22.4 Å². The number of hydrogen-bond acceptors (Lipinski definition) is 3. The molecule has 0 aliphatic heterocycles. The monoisotopic (exact) mass is 324 g/mol. The Kier molecular flexibility index (Phi) is 7.43. The molecule has 2 rings (SSSR count). The molecule has 21 heavy (non-hydrogen) atoms. The number of carbonyl (C=O) groups is 1. The van der Waals surface area contributed by atoms with Crippen LogP contribution in [0.4, 0.5) is 0 Å². The van der Waals surface area contributed by atoms with Crippen molar-refractivity contribution < 1.29 is 4.79 Å². The van der Waals surface area contributed by atoms with Gasteiger partial charge in [-0.05, 0) is 42.5 Å². The summed E-state index contributed by atoms with van der Waals surface area (Å²) in [5, 5.41) is 1.96. The topological polar surface area (TPSA) is 46.3 Å². The molecule has 0 fully saturated rings. The molecule has 2 N–H and O–H groups in total. The number of aryl methyl sites for hydroxylation is 1. The first-order valence-electron chi connectivity index (χ1n) is 6.79. The molecule has 1 heterocycles. The molecule has 1 aromatic heterocycles. The van der Waals surface area contributed by atoms with Gasteiger partial charge in [-0.1, -0.05) is 30.3 Å². The van der Waals surface area contributed by atoms with Crippen LogP contribution in [0.2, 0.25) is 0 Å². The van der Waals surface area contributed by atoms with Crippen LogP contribution in [-0.2, 0) is 6.54 Å². The van der Waals surface area contributed by atoms with Crippen LogP contribution in [0.15, 0.2) is 41.8 Å². The normalized spacial score (nSPS) is 10.0. The Labute approximate surface area is 136 Å². The van der Waals surface area contributed by atoms with Crippen LogP contribution >= 0.6 is 23.7 Å². The van der Waals surface area contributed by atoms with Crippen molar-refractivity contribution in [2.75, 3.05) is 13.1 Å². The number of thiophene rings is 1. The van der Waals surface area contributed by atoms with Gasteiger partial charge in [-0.25, -0.2) is 0 Å². The minimum atomic E-state index is 0. The van der Waals surface area contributed by atoms with E-state index in [4.69, 9.17) is 5.73 Å². The van der Waals surface area contributed by atoms with Crippen molar-refractivity contribution in [3.63, 3.8) is 0 Å². The van der Waals surface area contributed by atoms with E-state index in [0.29, 0.717) is 19.6 Å². The fraction of sp³-hybridized carbons (Fsp3) is 0.312. The highest BCUT2D eigenvalue weighted by Gasteiger charge is 2.18. The third kappa shape index (κ3) is 4.84. The Bertz CT molecular complexity index is 556. The Morgan fingerprint density at radius 1 is 1.24 bits per heavy atom. The molecule has 1 aromatic carbocycles. The Morgan fingerprint density at radius 2 is 1.95 bits per heavy atom. The van der Waals surface area contributed by atoms with E-state index in [-0.39, 0.29) is 18.3 Å². The second-order valence-corrected chi connectivity index (χ2v) is 5.70. The summed E-state index contributed by atoms with van der Waals surface area (Å²) in [7, 11) is 0. The zero-order valence-corrected chi connectivity index (χ0v) is 13.8. The zero-order valence-electron chi connectivity index (χ0n) is 12.1. The molecule has 114 valence electrons. The molecule has 0 spiro atoms. The highest BCUT2D eigenvalue weighted by Crippen LogP contribution is 2.19. The van der Waals surface area contributed by atoms with Gasteiger partial charge in [0.05, 0.1) is 4.88 Å². The molecule has 0 atom stereocenters. The van der Waals surface area contributed by atoms with E-state index in [1.165, 1.54) is 11.3 Å². The van der Waals surface area contributed by atoms with Gasteiger partial charge in [-0.2, -0.15) is 0 Å². The van der Waals surface area contributed by atoms with Gasteiger partial charge >= 0.3 is 0 Å². The van der Waals surface area contributed by atoms with Crippen molar-refractivity contribution in [1.82, 2.24) is 4.90 Å². The maximum Gasteiger partial charge on any atom is 0.264 e. The molecule has 1 amide bonds. The van der Waals surface area contributed by atoms with Crippen molar-refractivity contribution in [3.8, 4) is 0 Å². The van der Waals surface area contributed by atoms with Gasteiger partial charge in [0.1, 0.15) is 0 Å². The average Bonchev–Trinajstić information content (AvgIpc) is 2.90. The first-order chi connectivity index (χ1) is 9.72. The van der Waals surface area contributed by atoms with Crippen LogP contribution < -0.4 is 5.73 Å². The summed E-state index contributed by atoms with van der Waals surface area (Å²) < 4.78 is 0. The first kappa shape index (κ1) is 17.7. The summed E-state index contributed by atoms with van der Waals surface area (Å²) in [5.41, 5.74) is 7.78. The summed E-state index contributed by atoms with van der Waals surface area (Å²) >= 11 is 1.51. The Hall–Kier alpha value is -1.36. The standard InChI is InChI=1S/C16H20N2OS.ClH/c1-13-8-11-20-15(13)16(19)18(10-5-9-17)12-14-6-3-2-4-7-14;/h2-4,6-8,11H,5,9-10,12,17H2,1H3;1H. The summed E-state index contributed by atoms with van der Waals surface area (Å²) in [5.74, 6) is 0.106. The van der Waals surface area contributed by atoms with E-state index >= 15 is 0 Å². The highest BCUT2D eigenvalue weighted by molar-refractivity contribution is 7.12. The Morgan fingerprint density at radius 3 is 2.52 bits per heavy atom. The van der Waals surface area contributed by atoms with Crippen molar-refractivity contribution in [2.24, 2.45) is 5.73 Å². The van der Waals surface area contributed by atoms with Gasteiger partial charge in [0.2, 0.25) is 0 Å². The number of nitrogens with zero attached hydrogens (tertiary/aromatic N) is 1. The third-order valence-electron chi connectivity index (χ3n) is 3.19.